The first-order valence-electron chi connectivity index (χ1n) is 10.1. The molecule has 0 spiro atoms. The molecule has 1 aliphatic carbocycles. The molecule has 0 heterocycles. The van der Waals surface area contributed by atoms with Crippen LogP contribution in [0.25, 0.3) is 0 Å². The summed E-state index contributed by atoms with van der Waals surface area (Å²) in [6, 6.07) is 10.6. The minimum Gasteiger partial charge on any atom is -0.487 e. The highest BCUT2D eigenvalue weighted by atomic mass is 35.5. The Hall–Kier alpha value is -1.46. The van der Waals surface area contributed by atoms with E-state index in [0.717, 1.165) is 37.7 Å². The van der Waals surface area contributed by atoms with E-state index in [2.05, 4.69) is 5.32 Å². The standard InChI is InChI=1S/C23H26Cl3NO3/c1-15(14-29-2)30-21-9-7-17(13-20(21)26)27-22(28)23(10-4-3-5-11-23)18-8-6-16(24)12-19(18)25/h6-9,12-13,15H,3-5,10-11,14H2,1-2H3,(H,27,28)/t15-/m1/s1. The normalized spacial score (nSPS) is 16.7. The zero-order chi connectivity index (χ0) is 21.7. The molecule has 7 heteroatoms. The van der Waals surface area contributed by atoms with Gasteiger partial charge in [0.25, 0.3) is 0 Å². The first-order valence-corrected chi connectivity index (χ1v) is 11.2. The Balaban J connectivity index is 1.84. The molecule has 0 radical (unpaired) electrons. The lowest BCUT2D eigenvalue weighted by Crippen LogP contribution is -2.42. The summed E-state index contributed by atoms with van der Waals surface area (Å²) in [5.74, 6) is 0.469. The first kappa shape index (κ1) is 23.2. The van der Waals surface area contributed by atoms with Crippen LogP contribution in [0, 0.1) is 0 Å². The van der Waals surface area contributed by atoms with E-state index in [1.807, 2.05) is 13.0 Å². The average Bonchev–Trinajstić information content (AvgIpc) is 2.70. The third-order valence-corrected chi connectivity index (χ3v) is 6.35. The SMILES string of the molecule is COC[C@@H](C)Oc1ccc(NC(=O)C2(c3ccc(Cl)cc3Cl)CCCCC2)cc1Cl. The molecular weight excluding hydrogens is 445 g/mol. The number of hydrogen-bond donors (Lipinski definition) is 1. The molecule has 0 bridgehead atoms. The molecule has 0 aromatic heterocycles. The van der Waals surface area contributed by atoms with Crippen LogP contribution in [0.15, 0.2) is 36.4 Å². The first-order chi connectivity index (χ1) is 14.4. The van der Waals surface area contributed by atoms with Crippen LogP contribution >= 0.6 is 34.8 Å². The molecule has 2 aromatic rings. The number of carbonyl (C=O) groups is 1. The molecule has 0 unspecified atom stereocenters. The van der Waals surface area contributed by atoms with E-state index in [0.29, 0.717) is 33.1 Å². The van der Waals surface area contributed by atoms with E-state index in [-0.39, 0.29) is 12.0 Å². The van der Waals surface area contributed by atoms with Crippen molar-refractivity contribution in [2.75, 3.05) is 19.0 Å². The Morgan fingerprint density at radius 2 is 1.80 bits per heavy atom. The monoisotopic (exact) mass is 469 g/mol. The number of carbonyl (C=O) groups excluding carboxylic acids is 1. The largest absolute Gasteiger partial charge is 0.487 e. The van der Waals surface area contributed by atoms with Gasteiger partial charge >= 0.3 is 0 Å². The van der Waals surface area contributed by atoms with Gasteiger partial charge < -0.3 is 14.8 Å². The van der Waals surface area contributed by atoms with Crippen molar-refractivity contribution >= 4 is 46.4 Å². The fourth-order valence-corrected chi connectivity index (χ4v) is 4.88. The zero-order valence-electron chi connectivity index (χ0n) is 17.1. The minimum absolute atomic E-state index is 0.0797. The van der Waals surface area contributed by atoms with Crippen LogP contribution in [0.2, 0.25) is 15.1 Å². The van der Waals surface area contributed by atoms with Crippen LogP contribution in [-0.4, -0.2) is 25.7 Å². The van der Waals surface area contributed by atoms with E-state index in [9.17, 15) is 4.79 Å². The Morgan fingerprint density at radius 3 is 2.43 bits per heavy atom. The zero-order valence-corrected chi connectivity index (χ0v) is 19.4. The Labute approximate surface area is 192 Å². The number of rotatable bonds is 7. The summed E-state index contributed by atoms with van der Waals surface area (Å²) >= 11 is 19.0. The molecule has 1 aliphatic rings. The van der Waals surface area contributed by atoms with Gasteiger partial charge in [0.1, 0.15) is 11.9 Å². The van der Waals surface area contributed by atoms with Crippen LogP contribution in [0.1, 0.15) is 44.6 Å². The van der Waals surface area contributed by atoms with Gasteiger partial charge in [-0.05, 0) is 55.7 Å². The second-order valence-corrected chi connectivity index (χ2v) is 9.00. The van der Waals surface area contributed by atoms with E-state index >= 15 is 0 Å². The lowest BCUT2D eigenvalue weighted by atomic mass is 9.68. The van der Waals surface area contributed by atoms with Gasteiger partial charge in [0, 0.05) is 22.8 Å². The van der Waals surface area contributed by atoms with Gasteiger partial charge in [0.15, 0.2) is 0 Å². The molecule has 1 atom stereocenters. The van der Waals surface area contributed by atoms with Crippen molar-refractivity contribution < 1.29 is 14.3 Å². The molecule has 1 amide bonds. The highest BCUT2D eigenvalue weighted by Gasteiger charge is 2.42. The van der Waals surface area contributed by atoms with Crippen molar-refractivity contribution in [3.8, 4) is 5.75 Å². The second kappa shape index (κ2) is 10.2. The highest BCUT2D eigenvalue weighted by Crippen LogP contribution is 2.44. The number of nitrogens with one attached hydrogen (secondary N) is 1. The molecule has 1 N–H and O–H groups in total. The van der Waals surface area contributed by atoms with Crippen LogP contribution in [0.5, 0.6) is 5.75 Å². The number of amides is 1. The van der Waals surface area contributed by atoms with Crippen molar-refractivity contribution in [1.29, 1.82) is 0 Å². The van der Waals surface area contributed by atoms with Gasteiger partial charge in [0.2, 0.25) is 5.91 Å². The average molecular weight is 471 g/mol. The summed E-state index contributed by atoms with van der Waals surface area (Å²) in [6.45, 7) is 2.36. The molecular formula is C23H26Cl3NO3. The van der Waals surface area contributed by atoms with Gasteiger partial charge in [-0.1, -0.05) is 60.1 Å². The van der Waals surface area contributed by atoms with Crippen molar-refractivity contribution in [3.05, 3.63) is 57.0 Å². The number of hydrogen-bond acceptors (Lipinski definition) is 3. The molecule has 1 fully saturated rings. The number of ether oxygens (including phenoxy) is 2. The van der Waals surface area contributed by atoms with E-state index in [1.54, 1.807) is 37.4 Å². The number of methoxy groups -OCH3 is 1. The quantitative estimate of drug-likeness (QED) is 0.478. The second-order valence-electron chi connectivity index (χ2n) is 7.75. The van der Waals surface area contributed by atoms with Gasteiger partial charge in [-0.15, -0.1) is 0 Å². The third-order valence-electron chi connectivity index (χ3n) is 5.51. The highest BCUT2D eigenvalue weighted by molar-refractivity contribution is 6.35. The van der Waals surface area contributed by atoms with Crippen molar-refractivity contribution in [2.24, 2.45) is 0 Å². The van der Waals surface area contributed by atoms with Crippen LogP contribution in [0.4, 0.5) is 5.69 Å². The fourth-order valence-electron chi connectivity index (χ4n) is 4.06. The maximum Gasteiger partial charge on any atom is 0.235 e. The van der Waals surface area contributed by atoms with E-state index < -0.39 is 5.41 Å². The van der Waals surface area contributed by atoms with Crippen molar-refractivity contribution in [2.45, 2.75) is 50.5 Å². The van der Waals surface area contributed by atoms with Crippen LogP contribution in [0.3, 0.4) is 0 Å². The summed E-state index contributed by atoms with van der Waals surface area (Å²) in [5.41, 5.74) is 0.756. The smallest absolute Gasteiger partial charge is 0.235 e. The topological polar surface area (TPSA) is 47.6 Å². The van der Waals surface area contributed by atoms with Gasteiger partial charge in [0.05, 0.1) is 17.0 Å². The Bertz CT molecular complexity index is 897. The summed E-state index contributed by atoms with van der Waals surface area (Å²) in [5, 5.41) is 4.55. The molecule has 1 saturated carbocycles. The maximum absolute atomic E-state index is 13.5. The third kappa shape index (κ3) is 5.23. The number of benzene rings is 2. The Kier molecular flexibility index (Phi) is 7.92. The number of halogens is 3. The molecule has 4 nitrogen and oxygen atoms in total. The molecule has 162 valence electrons. The summed E-state index contributed by atoms with van der Waals surface area (Å²) in [7, 11) is 1.62. The van der Waals surface area contributed by atoms with Crippen molar-refractivity contribution in [3.63, 3.8) is 0 Å². The van der Waals surface area contributed by atoms with Gasteiger partial charge in [-0.3, -0.25) is 4.79 Å². The van der Waals surface area contributed by atoms with Gasteiger partial charge in [-0.25, -0.2) is 0 Å². The lowest BCUT2D eigenvalue weighted by Gasteiger charge is -2.37. The van der Waals surface area contributed by atoms with Crippen LogP contribution in [-0.2, 0) is 14.9 Å². The minimum atomic E-state index is -0.686. The maximum atomic E-state index is 13.5. The summed E-state index contributed by atoms with van der Waals surface area (Å²) < 4.78 is 10.9. The van der Waals surface area contributed by atoms with Gasteiger partial charge in [-0.2, -0.15) is 0 Å². The predicted octanol–water partition coefficient (Wildman–Crippen LogP) is 6.90. The molecule has 2 aromatic carbocycles. The van der Waals surface area contributed by atoms with Crippen LogP contribution < -0.4 is 10.1 Å². The predicted molar refractivity (Wildman–Crippen MR) is 123 cm³/mol. The molecule has 0 saturated heterocycles. The lowest BCUT2D eigenvalue weighted by molar-refractivity contribution is -0.122. The summed E-state index contributed by atoms with van der Waals surface area (Å²) in [6.07, 6.45) is 4.39. The van der Waals surface area contributed by atoms with E-state index in [4.69, 9.17) is 44.3 Å². The molecule has 3 rings (SSSR count). The number of anilines is 1. The molecule has 0 aliphatic heterocycles. The Morgan fingerprint density at radius 1 is 1.07 bits per heavy atom. The van der Waals surface area contributed by atoms with E-state index in [1.165, 1.54) is 0 Å². The molecule has 30 heavy (non-hydrogen) atoms. The summed E-state index contributed by atoms with van der Waals surface area (Å²) in [4.78, 5) is 13.5. The van der Waals surface area contributed by atoms with Crippen molar-refractivity contribution in [1.82, 2.24) is 0 Å². The fraction of sp³-hybridized carbons (Fsp3) is 0.435.